The molecule has 0 bridgehead atoms. The maximum absolute atomic E-state index is 10.4. The molecule has 1 aliphatic heterocycles. The number of rotatable bonds is 8. The Bertz CT molecular complexity index is 985. The Morgan fingerprint density at radius 2 is 1.77 bits per heavy atom. The third-order valence-electron chi connectivity index (χ3n) is 5.52. The minimum atomic E-state index is 0.126. The molecule has 1 N–H and O–H groups in total. The molecule has 0 amide bonds. The summed E-state index contributed by atoms with van der Waals surface area (Å²) >= 11 is 1.57. The van der Waals surface area contributed by atoms with Crippen molar-refractivity contribution < 1.29 is 14.6 Å². The largest absolute Gasteiger partial charge is 0.493 e. The maximum Gasteiger partial charge on any atom is 0.227 e. The Kier molecular flexibility index (Phi) is 6.94. The van der Waals surface area contributed by atoms with Crippen molar-refractivity contribution in [2.24, 2.45) is 0 Å². The molecule has 0 radical (unpaired) electrons. The zero-order valence-electron chi connectivity index (χ0n) is 18.1. The molecule has 7 heteroatoms. The monoisotopic (exact) mass is 439 g/mol. The Balaban J connectivity index is 1.40. The van der Waals surface area contributed by atoms with E-state index in [-0.39, 0.29) is 5.88 Å². The van der Waals surface area contributed by atoms with Crippen LogP contribution in [0.2, 0.25) is 0 Å². The van der Waals surface area contributed by atoms with Crippen LogP contribution in [-0.2, 0) is 12.8 Å². The highest BCUT2D eigenvalue weighted by atomic mass is 32.1. The second-order valence-electron chi connectivity index (χ2n) is 7.78. The Morgan fingerprint density at radius 3 is 2.52 bits per heavy atom. The summed E-state index contributed by atoms with van der Waals surface area (Å²) in [6.07, 6.45) is 1.45. The van der Waals surface area contributed by atoms with Crippen LogP contribution in [0.1, 0.15) is 16.0 Å². The van der Waals surface area contributed by atoms with Gasteiger partial charge in [-0.15, -0.1) is 0 Å². The minimum Gasteiger partial charge on any atom is -0.493 e. The van der Waals surface area contributed by atoms with E-state index in [1.807, 2.05) is 36.4 Å². The number of piperazine rings is 1. The number of hydrogen-bond acceptors (Lipinski definition) is 7. The maximum atomic E-state index is 10.4. The SMILES string of the molecule is COc1cc(Cc2sc(N3CCN(C)CC3)nc2O)ccc1OCCc1ccccc1. The molecule has 0 spiro atoms. The predicted octanol–water partition coefficient (Wildman–Crippen LogP) is 3.82. The number of aromatic hydroxyl groups is 1. The van der Waals surface area contributed by atoms with Gasteiger partial charge >= 0.3 is 0 Å². The second-order valence-corrected chi connectivity index (χ2v) is 8.84. The van der Waals surface area contributed by atoms with E-state index in [0.29, 0.717) is 18.8 Å². The number of nitrogens with zero attached hydrogens (tertiary/aromatic N) is 3. The van der Waals surface area contributed by atoms with Crippen LogP contribution in [0.4, 0.5) is 5.13 Å². The molecule has 0 saturated carbocycles. The molecular formula is C24H29N3O3S. The van der Waals surface area contributed by atoms with Gasteiger partial charge in [0.1, 0.15) is 0 Å². The fraction of sp³-hybridized carbons (Fsp3) is 0.375. The van der Waals surface area contributed by atoms with Gasteiger partial charge in [-0.2, -0.15) is 4.98 Å². The van der Waals surface area contributed by atoms with Crippen LogP contribution in [0.15, 0.2) is 48.5 Å². The van der Waals surface area contributed by atoms with Crippen molar-refractivity contribution in [2.45, 2.75) is 12.8 Å². The summed E-state index contributed by atoms with van der Waals surface area (Å²) in [5.41, 5.74) is 2.30. The molecule has 0 atom stereocenters. The zero-order valence-corrected chi connectivity index (χ0v) is 18.9. The smallest absolute Gasteiger partial charge is 0.227 e. The van der Waals surface area contributed by atoms with Crippen molar-refractivity contribution in [3.8, 4) is 17.4 Å². The van der Waals surface area contributed by atoms with Gasteiger partial charge in [-0.05, 0) is 30.3 Å². The molecule has 6 nitrogen and oxygen atoms in total. The molecule has 31 heavy (non-hydrogen) atoms. The third kappa shape index (κ3) is 5.48. The number of hydrogen-bond donors (Lipinski definition) is 1. The first-order valence-corrected chi connectivity index (χ1v) is 11.4. The summed E-state index contributed by atoms with van der Waals surface area (Å²) in [5, 5.41) is 11.3. The van der Waals surface area contributed by atoms with E-state index in [9.17, 15) is 5.11 Å². The highest BCUT2D eigenvalue weighted by Crippen LogP contribution is 2.35. The predicted molar refractivity (Wildman–Crippen MR) is 125 cm³/mol. The van der Waals surface area contributed by atoms with Gasteiger partial charge in [0.05, 0.1) is 18.6 Å². The van der Waals surface area contributed by atoms with E-state index in [1.54, 1.807) is 18.4 Å². The summed E-state index contributed by atoms with van der Waals surface area (Å²) < 4.78 is 11.5. The van der Waals surface area contributed by atoms with Gasteiger partial charge in [0.15, 0.2) is 16.6 Å². The molecule has 0 aliphatic carbocycles. The molecule has 4 rings (SSSR count). The van der Waals surface area contributed by atoms with Crippen LogP contribution >= 0.6 is 11.3 Å². The lowest BCUT2D eigenvalue weighted by molar-refractivity contribution is 0.297. The summed E-state index contributed by atoms with van der Waals surface area (Å²) in [5.74, 6) is 1.56. The van der Waals surface area contributed by atoms with E-state index in [1.165, 1.54) is 5.56 Å². The van der Waals surface area contributed by atoms with E-state index in [2.05, 4.69) is 34.0 Å². The summed E-state index contributed by atoms with van der Waals surface area (Å²) in [6.45, 7) is 4.48. The number of aromatic nitrogens is 1. The summed E-state index contributed by atoms with van der Waals surface area (Å²) in [6, 6.07) is 16.2. The lowest BCUT2D eigenvalue weighted by Gasteiger charge is -2.31. The van der Waals surface area contributed by atoms with Crippen molar-refractivity contribution in [3.63, 3.8) is 0 Å². The Morgan fingerprint density at radius 1 is 1.00 bits per heavy atom. The standard InChI is InChI=1S/C24H29N3O3S/c1-26-11-13-27(14-12-26)24-25-23(28)22(31-24)17-19-8-9-20(21(16-19)29-2)30-15-10-18-6-4-3-5-7-18/h3-9,16,28H,10-15,17H2,1-2H3. The first kappa shape index (κ1) is 21.5. The molecule has 2 heterocycles. The highest BCUT2D eigenvalue weighted by molar-refractivity contribution is 7.15. The molecule has 1 saturated heterocycles. The van der Waals surface area contributed by atoms with Crippen molar-refractivity contribution >= 4 is 16.5 Å². The number of thiazole rings is 1. The first-order chi connectivity index (χ1) is 15.1. The molecular weight excluding hydrogens is 410 g/mol. The van der Waals surface area contributed by atoms with Crippen molar-refractivity contribution in [1.29, 1.82) is 0 Å². The van der Waals surface area contributed by atoms with E-state index < -0.39 is 0 Å². The van der Waals surface area contributed by atoms with Gasteiger partial charge in [-0.25, -0.2) is 0 Å². The fourth-order valence-electron chi connectivity index (χ4n) is 3.63. The zero-order chi connectivity index (χ0) is 21.6. The lowest BCUT2D eigenvalue weighted by Crippen LogP contribution is -2.44. The number of anilines is 1. The number of methoxy groups -OCH3 is 1. The third-order valence-corrected chi connectivity index (χ3v) is 6.63. The number of likely N-dealkylation sites (N-methyl/N-ethyl adjacent to an activating group) is 1. The Hall–Kier alpha value is -2.77. The van der Waals surface area contributed by atoms with Gasteiger partial charge < -0.3 is 24.4 Å². The summed E-state index contributed by atoms with van der Waals surface area (Å²) in [7, 11) is 3.78. The van der Waals surface area contributed by atoms with Crippen LogP contribution in [-0.4, -0.2) is 61.9 Å². The molecule has 0 unspecified atom stereocenters. The van der Waals surface area contributed by atoms with Gasteiger partial charge in [0.25, 0.3) is 0 Å². The van der Waals surface area contributed by atoms with Crippen molar-refractivity contribution in [1.82, 2.24) is 9.88 Å². The molecule has 2 aromatic carbocycles. The fourth-order valence-corrected chi connectivity index (χ4v) is 4.67. The molecule has 1 aromatic heterocycles. The van der Waals surface area contributed by atoms with E-state index in [4.69, 9.17) is 9.47 Å². The average Bonchev–Trinajstić information content (AvgIpc) is 3.16. The number of benzene rings is 2. The molecule has 3 aromatic rings. The van der Waals surface area contributed by atoms with Crippen molar-refractivity contribution in [3.05, 3.63) is 64.5 Å². The lowest BCUT2D eigenvalue weighted by atomic mass is 10.1. The van der Waals surface area contributed by atoms with E-state index in [0.717, 1.165) is 53.9 Å². The van der Waals surface area contributed by atoms with Crippen molar-refractivity contribution in [2.75, 3.05) is 51.8 Å². The van der Waals surface area contributed by atoms with Gasteiger partial charge in [-0.1, -0.05) is 47.7 Å². The highest BCUT2D eigenvalue weighted by Gasteiger charge is 2.20. The van der Waals surface area contributed by atoms with Crippen LogP contribution in [0.5, 0.6) is 17.4 Å². The van der Waals surface area contributed by atoms with Crippen LogP contribution in [0, 0.1) is 0 Å². The topological polar surface area (TPSA) is 58.1 Å². The number of ether oxygens (including phenoxy) is 2. The average molecular weight is 440 g/mol. The molecule has 1 fully saturated rings. The quantitative estimate of drug-likeness (QED) is 0.576. The normalized spacial score (nSPS) is 14.6. The second kappa shape index (κ2) is 10.0. The van der Waals surface area contributed by atoms with Crippen LogP contribution < -0.4 is 14.4 Å². The van der Waals surface area contributed by atoms with E-state index >= 15 is 0 Å². The summed E-state index contributed by atoms with van der Waals surface area (Å²) in [4.78, 5) is 9.83. The first-order valence-electron chi connectivity index (χ1n) is 10.6. The van der Waals surface area contributed by atoms with Crippen LogP contribution in [0.3, 0.4) is 0 Å². The Labute approximate surface area is 187 Å². The van der Waals surface area contributed by atoms with Gasteiger partial charge in [0, 0.05) is 39.0 Å². The molecule has 1 aliphatic rings. The van der Waals surface area contributed by atoms with Gasteiger partial charge in [0.2, 0.25) is 5.88 Å². The minimum absolute atomic E-state index is 0.126. The van der Waals surface area contributed by atoms with Crippen LogP contribution in [0.25, 0.3) is 0 Å². The molecule has 164 valence electrons. The van der Waals surface area contributed by atoms with Gasteiger partial charge in [-0.3, -0.25) is 0 Å².